The Morgan fingerprint density at radius 3 is 1.17 bits per heavy atom. The molecule has 13 N–H and O–H groups in total. The number of aliphatic hydroxyl groups is 3. The quantitative estimate of drug-likeness (QED) is 0.00961. The maximum Gasteiger partial charge on any atom is 0.408 e. The van der Waals surface area contributed by atoms with Crippen molar-refractivity contribution >= 4 is 61.3 Å². The number of nitrogens with two attached hydrogens (primary N) is 3. The molecule has 0 spiro atoms. The molecule has 0 fully saturated rings. The number of ether oxygens (including phenoxy) is 4. The first-order valence-electron chi connectivity index (χ1n) is 50.4. The normalized spacial score (nSPS) is 13.2. The molecule has 0 saturated carbocycles. The second-order valence-electron chi connectivity index (χ2n) is 36.8. The fourth-order valence-corrected chi connectivity index (χ4v) is 21.3. The average molecular weight is 2060 g/mol. The Morgan fingerprint density at radius 1 is 0.370 bits per heavy atom. The van der Waals surface area contributed by atoms with Gasteiger partial charge in [-0.1, -0.05) is 244 Å². The molecule has 0 radical (unpaired) electrons. The first-order valence-corrected chi connectivity index (χ1v) is 53.8. The van der Waals surface area contributed by atoms with Gasteiger partial charge in [-0.05, 0) is 188 Å². The molecule has 0 heterocycles. The number of hydrogen-bond acceptors (Lipinski definition) is 21. The second kappa shape index (κ2) is 64.1. The largest absolute Gasteiger partial charge is 0.497 e. The molecule has 0 bridgehead atoms. The van der Waals surface area contributed by atoms with Crippen molar-refractivity contribution in [2.45, 2.75) is 262 Å². The lowest BCUT2D eigenvalue weighted by molar-refractivity contribution is -0.137. The summed E-state index contributed by atoms with van der Waals surface area (Å²) in [5, 5.41) is 49.8. The predicted molar refractivity (Wildman–Crippen MR) is 563 cm³/mol. The third-order valence-electron chi connectivity index (χ3n) is 24.9. The van der Waals surface area contributed by atoms with Crippen molar-refractivity contribution < 1.29 is 97.4 Å². The van der Waals surface area contributed by atoms with Gasteiger partial charge in [0.1, 0.15) is 65.9 Å². The van der Waals surface area contributed by atoms with Gasteiger partial charge in [0, 0.05) is 95.5 Å². The van der Waals surface area contributed by atoms with Crippen molar-refractivity contribution in [3.05, 3.63) is 309 Å². The first kappa shape index (κ1) is 121. The van der Waals surface area contributed by atoms with Gasteiger partial charge in [0.05, 0.1) is 60.6 Å². The van der Waals surface area contributed by atoms with Gasteiger partial charge in [-0.2, -0.15) is 0 Å². The van der Waals surface area contributed by atoms with Gasteiger partial charge >= 0.3 is 12.2 Å². The summed E-state index contributed by atoms with van der Waals surface area (Å²) in [6.07, 6.45) is 2.55. The fraction of sp³-hybridized carbons (Fsp3) is 0.455. The van der Waals surface area contributed by atoms with E-state index in [4.69, 9.17) is 36.1 Å². The number of carbonyl (C=O) groups is 6. The van der Waals surface area contributed by atoms with Crippen LogP contribution < -0.4 is 42.6 Å². The highest BCUT2D eigenvalue weighted by atomic mass is 32.2. The van der Waals surface area contributed by atoms with E-state index in [1.54, 1.807) is 76.5 Å². The molecule has 2 unspecified atom stereocenters. The van der Waals surface area contributed by atoms with Gasteiger partial charge in [-0.25, -0.2) is 44.0 Å². The molecule has 6 amide bonds. The smallest absolute Gasteiger partial charge is 0.408 e. The number of rotatable bonds is 59. The zero-order valence-corrected chi connectivity index (χ0v) is 87.2. The van der Waals surface area contributed by atoms with E-state index in [1.165, 1.54) is 36.2 Å². The van der Waals surface area contributed by atoms with Crippen LogP contribution in [0.1, 0.15) is 188 Å². The number of hydrogen-bond donors (Lipinski definition) is 10. The van der Waals surface area contributed by atoms with Gasteiger partial charge < -0.3 is 87.0 Å². The Labute approximate surface area is 859 Å². The summed E-state index contributed by atoms with van der Waals surface area (Å²) in [6.45, 7) is 14.5. The molecule has 0 aromatic heterocycles. The fourth-order valence-electron chi connectivity index (χ4n) is 17.0. The molecule has 0 aliphatic carbocycles. The Kier molecular flexibility index (Phi) is 53.0. The van der Waals surface area contributed by atoms with Crippen molar-refractivity contribution in [1.82, 2.24) is 35.6 Å². The highest BCUT2D eigenvalue weighted by molar-refractivity contribution is 7.92. The summed E-state index contributed by atoms with van der Waals surface area (Å²) >= 11 is 0. The summed E-state index contributed by atoms with van der Waals surface area (Å²) in [6, 6.07) is 58.8. The number of amidine groups is 1. The monoisotopic (exact) mass is 2060 g/mol. The highest BCUT2D eigenvalue weighted by Crippen LogP contribution is 2.26. The molecule has 9 aromatic rings. The van der Waals surface area contributed by atoms with E-state index < -0.39 is 149 Å². The summed E-state index contributed by atoms with van der Waals surface area (Å²) in [5.41, 5.74) is 26.4. The topological polar surface area (TPSA) is 419 Å². The molecule has 34 heteroatoms. The summed E-state index contributed by atoms with van der Waals surface area (Å²) in [4.78, 5) is 87.5. The maximum absolute atomic E-state index is 14.4. The molecule has 28 nitrogen and oxygen atoms in total. The van der Waals surface area contributed by atoms with Crippen LogP contribution in [-0.4, -0.2) is 223 Å². The van der Waals surface area contributed by atoms with E-state index in [2.05, 4.69) is 16.0 Å². The number of nitrogens with zero attached hydrogens (tertiary/aromatic N) is 4. The van der Waals surface area contributed by atoms with Gasteiger partial charge in [-0.3, -0.25) is 24.6 Å². The minimum atomic E-state index is -3.84. The molecule has 0 saturated heterocycles. The summed E-state index contributed by atoms with van der Waals surface area (Å²) < 4.78 is 132. The number of benzene rings is 9. The number of amides is 6. The maximum atomic E-state index is 14.4. The zero-order valence-electron chi connectivity index (χ0n) is 85.6. The molecule has 0 aliphatic heterocycles. The van der Waals surface area contributed by atoms with Crippen LogP contribution in [0.4, 0.5) is 27.2 Å². The number of halogens is 4. The van der Waals surface area contributed by atoms with Crippen molar-refractivity contribution in [3.8, 4) is 11.5 Å². The highest BCUT2D eigenvalue weighted by Gasteiger charge is 2.39. The molecule has 0 aliphatic rings. The van der Waals surface area contributed by atoms with Crippen molar-refractivity contribution in [3.63, 3.8) is 0 Å². The average Bonchev–Trinajstić information content (AvgIpc) is 0.818. The lowest BCUT2D eigenvalue weighted by Crippen LogP contribution is -2.56. The van der Waals surface area contributed by atoms with Crippen LogP contribution >= 0.6 is 0 Å². The molecular weight excluding hydrogens is 1910 g/mol. The van der Waals surface area contributed by atoms with Gasteiger partial charge in [0.2, 0.25) is 23.6 Å². The van der Waals surface area contributed by atoms with Gasteiger partial charge in [0.25, 0.3) is 0 Å². The zero-order chi connectivity index (χ0) is 107. The Balaban J connectivity index is 0.000000297. The number of methoxy groups -OCH3 is 2. The number of nitrogens with one attached hydrogen (secondary N) is 4. The standard InChI is InChI=1S/C38H51F2N5O4.C38H51F2N3O6S.C36H49N3O7S/c1-4-17-44(18-5-2)36(47)16-15-34(43-38(48)49-26-28-11-8-7-9-12-28)37(42)45(24-29-14-10-13-27(6-3)19-29)25-35(46)33(41)22-30-20-31(39)23-32(40)21-30;1-4-10-33(11-5-2)50(47,48)26-35(42-37(45)17-16-27-12-7-6-8-13-27)38(46)43(19-18-28-14-9-15-32(22-28)49-3)25-36(44)34(41)23-29-20-30(39)24-31(40)21-29;1-4-13-31(14-5-2)47(43,44)26-33(38-36(42)46-25-28-17-10-7-11-18-28)35(41)39(23-29-19-12-20-30(21-29)45-3)24-34(40)32(37)22-27-15-8-6-9-16-27/h7-14,19-21,23,33-35,42,46H,4-6,15-18,22,24-26,41H2,1-3H3,(H,43,48);6-9,12-15,20-22,24,33-36,44H,4-5,10-11,16-19,23,25-26,41H2,1-3H3,(H,42,45);6-12,15-21,31-34,40H,4-5,13-14,22-26,37H2,1-3H3,(H,38,42)/t33-,34-,35+;34-,35?,36+;32-,33?,34+/m000/s1. The Hall–Kier alpha value is -12.2. The van der Waals surface area contributed by atoms with Crippen molar-refractivity contribution in [2.24, 2.45) is 17.2 Å². The van der Waals surface area contributed by atoms with Crippen LogP contribution in [0.3, 0.4) is 0 Å². The molecule has 9 rings (SSSR count). The van der Waals surface area contributed by atoms with Gasteiger partial charge in [-0.15, -0.1) is 0 Å². The Morgan fingerprint density at radius 2 is 0.733 bits per heavy atom. The lowest BCUT2D eigenvalue weighted by atomic mass is 10.00. The number of aryl methyl sites for hydroxylation is 2. The van der Waals surface area contributed by atoms with Crippen LogP contribution in [0, 0.1) is 28.7 Å². The second-order valence-corrected chi connectivity index (χ2v) is 41.5. The van der Waals surface area contributed by atoms with Crippen LogP contribution in [-0.2, 0) is 113 Å². The van der Waals surface area contributed by atoms with E-state index in [0.717, 1.165) is 82.5 Å². The number of alkyl carbamates (subject to hydrolysis) is 2. The summed E-state index contributed by atoms with van der Waals surface area (Å²) in [5.74, 6) is -5.04. The first-order chi connectivity index (χ1) is 69.9. The molecule has 146 heavy (non-hydrogen) atoms. The molecular formula is C112H151F4N11O17S2. The van der Waals surface area contributed by atoms with Crippen LogP contribution in [0.5, 0.6) is 11.5 Å². The van der Waals surface area contributed by atoms with Crippen LogP contribution in [0.25, 0.3) is 0 Å². The van der Waals surface area contributed by atoms with E-state index >= 15 is 0 Å². The van der Waals surface area contributed by atoms with E-state index in [-0.39, 0.29) is 102 Å². The van der Waals surface area contributed by atoms with Gasteiger partial charge in [0.15, 0.2) is 19.7 Å². The molecule has 9 atom stereocenters. The third kappa shape index (κ3) is 43.1. The van der Waals surface area contributed by atoms with Crippen LogP contribution in [0.2, 0.25) is 0 Å². The van der Waals surface area contributed by atoms with Crippen molar-refractivity contribution in [2.75, 3.05) is 65.0 Å². The minimum absolute atomic E-state index is 0.00494. The third-order valence-corrected chi connectivity index (χ3v) is 29.4. The number of carbonyl (C=O) groups excluding carboxylic acids is 6. The Bertz CT molecular complexity index is 5640. The molecule has 9 aromatic carbocycles. The van der Waals surface area contributed by atoms with E-state index in [0.29, 0.717) is 106 Å². The van der Waals surface area contributed by atoms with Crippen molar-refractivity contribution in [1.29, 1.82) is 5.41 Å². The molecule has 796 valence electrons. The minimum Gasteiger partial charge on any atom is -0.497 e. The van der Waals surface area contributed by atoms with E-state index in [9.17, 15) is 83.9 Å². The lowest BCUT2D eigenvalue weighted by Gasteiger charge is -2.34. The summed E-state index contributed by atoms with van der Waals surface area (Å²) in [7, 11) is -4.61. The number of aliphatic hydroxyl groups excluding tert-OH is 3. The predicted octanol–water partition coefficient (Wildman–Crippen LogP) is 15.4. The number of sulfone groups is 2. The van der Waals surface area contributed by atoms with E-state index in [1.807, 2.05) is 176 Å². The van der Waals surface area contributed by atoms with Crippen LogP contribution in [0.15, 0.2) is 231 Å². The SMILES string of the molecule is CCCC(CCC)S(=O)(=O)CC(NC(=O)CCc1ccccc1)C(=O)N(CCc1cccc(OC)c1)C[C@@H](O)[C@@H](N)Cc1cc(F)cc(F)c1.CCCC(CCC)S(=O)(=O)CC(NC(=O)OCc1ccccc1)C(=O)N(Cc1cccc(OC)c1)C[C@@H](O)[C@@H](N)Cc1ccccc1.CCCN(CCC)C(=O)CC[C@H](NC(=O)OCc1ccccc1)C(=N)N(Cc1cccc(CC)c1)C[C@@H](O)[C@@H](N)Cc1cc(F)cc(F)c1.